The molecule has 0 aromatic heterocycles. The molecule has 0 spiro atoms. The summed E-state index contributed by atoms with van der Waals surface area (Å²) in [7, 11) is 0. The summed E-state index contributed by atoms with van der Waals surface area (Å²) >= 11 is 0. The molecule has 1 aliphatic heterocycles. The minimum atomic E-state index is -0.293. The van der Waals surface area contributed by atoms with Crippen molar-refractivity contribution < 1.29 is 14.6 Å². The molecule has 0 saturated carbocycles. The third-order valence-electron chi connectivity index (χ3n) is 4.41. The smallest absolute Gasteiger partial charge is 0.407 e. The quantitative estimate of drug-likeness (QED) is 0.682. The van der Waals surface area contributed by atoms with Gasteiger partial charge in [0.05, 0.1) is 0 Å². The predicted molar refractivity (Wildman–Crippen MR) is 94.8 cm³/mol. The minimum absolute atomic E-state index is 0.0337. The number of ether oxygens (including phenoxy) is 1. The van der Waals surface area contributed by atoms with Crippen LogP contribution in [-0.4, -0.2) is 48.4 Å². The van der Waals surface area contributed by atoms with Crippen LogP contribution in [-0.2, 0) is 11.3 Å². The maximum atomic E-state index is 11.8. The van der Waals surface area contributed by atoms with E-state index in [0.29, 0.717) is 6.54 Å². The van der Waals surface area contributed by atoms with E-state index < -0.39 is 0 Å². The fraction of sp³-hybridized carbons (Fsp3) is 0.632. The van der Waals surface area contributed by atoms with Crippen LogP contribution in [0.1, 0.15) is 44.1 Å². The Morgan fingerprint density at radius 3 is 2.54 bits per heavy atom. The molecule has 5 nitrogen and oxygen atoms in total. The molecule has 1 heterocycles. The van der Waals surface area contributed by atoms with Crippen molar-refractivity contribution in [2.75, 3.05) is 26.2 Å². The molecular weight excluding hydrogens is 304 g/mol. The first kappa shape index (κ1) is 18.7. The zero-order valence-electron chi connectivity index (χ0n) is 14.5. The average Bonchev–Trinajstić information content (AvgIpc) is 2.61. The number of aliphatic hydroxyl groups is 1. The number of hydrogen-bond acceptors (Lipinski definition) is 4. The summed E-state index contributed by atoms with van der Waals surface area (Å²) in [5, 5.41) is 11.5. The first-order valence-corrected chi connectivity index (χ1v) is 9.09. The van der Waals surface area contributed by atoms with Gasteiger partial charge in [0.25, 0.3) is 0 Å². The number of rotatable bonds is 9. The van der Waals surface area contributed by atoms with Crippen LogP contribution in [0, 0.1) is 0 Å². The second-order valence-electron chi connectivity index (χ2n) is 6.43. The lowest BCUT2D eigenvalue weighted by atomic mass is 10.1. The maximum Gasteiger partial charge on any atom is 0.407 e. The lowest BCUT2D eigenvalue weighted by Gasteiger charge is -2.31. The molecule has 1 saturated heterocycles. The van der Waals surface area contributed by atoms with Gasteiger partial charge in [0.1, 0.15) is 6.10 Å². The van der Waals surface area contributed by atoms with E-state index in [4.69, 9.17) is 9.84 Å². The lowest BCUT2D eigenvalue weighted by molar-refractivity contribution is 0.0487. The Morgan fingerprint density at radius 2 is 1.83 bits per heavy atom. The third kappa shape index (κ3) is 7.32. The molecule has 0 unspecified atom stereocenters. The van der Waals surface area contributed by atoms with Crippen molar-refractivity contribution in [2.45, 2.75) is 51.2 Å². The Morgan fingerprint density at radius 1 is 1.12 bits per heavy atom. The molecular formula is C19H30N2O3. The van der Waals surface area contributed by atoms with Crippen LogP contribution in [0.3, 0.4) is 0 Å². The highest BCUT2D eigenvalue weighted by atomic mass is 16.6. The molecule has 0 aliphatic carbocycles. The molecule has 1 amide bonds. The Bertz CT molecular complexity index is 459. The first-order valence-electron chi connectivity index (χ1n) is 9.09. The zero-order chi connectivity index (χ0) is 17.0. The van der Waals surface area contributed by atoms with Crippen molar-refractivity contribution in [1.82, 2.24) is 10.2 Å². The van der Waals surface area contributed by atoms with Crippen LogP contribution in [0.15, 0.2) is 30.3 Å². The number of piperidine rings is 1. The molecule has 0 atom stereocenters. The number of amides is 1. The molecule has 1 aliphatic rings. The summed E-state index contributed by atoms with van der Waals surface area (Å²) in [5.41, 5.74) is 1.33. The molecule has 2 rings (SSSR count). The Labute approximate surface area is 145 Å². The summed E-state index contributed by atoms with van der Waals surface area (Å²) in [6.07, 6.45) is 5.35. The Kier molecular flexibility index (Phi) is 8.63. The second kappa shape index (κ2) is 11.0. The number of nitrogens with one attached hydrogen (secondary N) is 1. The van der Waals surface area contributed by atoms with Gasteiger partial charge in [0.2, 0.25) is 0 Å². The fourth-order valence-corrected chi connectivity index (χ4v) is 3.00. The number of carbonyl (C=O) groups is 1. The van der Waals surface area contributed by atoms with E-state index in [1.165, 1.54) is 5.56 Å². The number of nitrogens with zero attached hydrogens (tertiary/aromatic N) is 1. The molecule has 1 aromatic rings. The number of carbonyl (C=O) groups excluding carboxylic acids is 1. The van der Waals surface area contributed by atoms with Gasteiger partial charge in [-0.25, -0.2) is 4.79 Å². The average molecular weight is 334 g/mol. The molecule has 24 heavy (non-hydrogen) atoms. The first-order chi connectivity index (χ1) is 11.8. The van der Waals surface area contributed by atoms with Gasteiger partial charge in [-0.15, -0.1) is 0 Å². The van der Waals surface area contributed by atoms with E-state index in [2.05, 4.69) is 34.5 Å². The topological polar surface area (TPSA) is 61.8 Å². The van der Waals surface area contributed by atoms with E-state index in [-0.39, 0.29) is 18.8 Å². The van der Waals surface area contributed by atoms with E-state index in [0.717, 1.165) is 58.2 Å². The van der Waals surface area contributed by atoms with Gasteiger partial charge in [0.15, 0.2) is 0 Å². The molecule has 134 valence electrons. The van der Waals surface area contributed by atoms with Crippen LogP contribution in [0.25, 0.3) is 0 Å². The largest absolute Gasteiger partial charge is 0.446 e. The van der Waals surface area contributed by atoms with Crippen molar-refractivity contribution in [3.8, 4) is 0 Å². The van der Waals surface area contributed by atoms with Crippen LogP contribution in [0.5, 0.6) is 0 Å². The van der Waals surface area contributed by atoms with Crippen molar-refractivity contribution in [3.63, 3.8) is 0 Å². The van der Waals surface area contributed by atoms with Crippen molar-refractivity contribution in [1.29, 1.82) is 0 Å². The molecule has 0 bridgehead atoms. The molecule has 1 fully saturated rings. The number of alkyl carbamates (subject to hydrolysis) is 1. The van der Waals surface area contributed by atoms with E-state index in [1.54, 1.807) is 0 Å². The summed E-state index contributed by atoms with van der Waals surface area (Å²) in [4.78, 5) is 14.2. The predicted octanol–water partition coefficient (Wildman–Crippen LogP) is 2.93. The van der Waals surface area contributed by atoms with Crippen molar-refractivity contribution in [3.05, 3.63) is 35.9 Å². The highest BCUT2D eigenvalue weighted by molar-refractivity contribution is 5.67. The van der Waals surface area contributed by atoms with E-state index in [9.17, 15) is 4.79 Å². The van der Waals surface area contributed by atoms with E-state index in [1.807, 2.05) is 6.07 Å². The van der Waals surface area contributed by atoms with Crippen LogP contribution < -0.4 is 5.32 Å². The normalized spacial score (nSPS) is 16.0. The second-order valence-corrected chi connectivity index (χ2v) is 6.43. The van der Waals surface area contributed by atoms with Gasteiger partial charge in [-0.1, -0.05) is 43.2 Å². The summed E-state index contributed by atoms with van der Waals surface area (Å²) < 4.78 is 5.50. The van der Waals surface area contributed by atoms with Crippen LogP contribution in [0.4, 0.5) is 4.79 Å². The van der Waals surface area contributed by atoms with Crippen LogP contribution in [0.2, 0.25) is 0 Å². The zero-order valence-corrected chi connectivity index (χ0v) is 14.5. The van der Waals surface area contributed by atoms with Gasteiger partial charge >= 0.3 is 6.09 Å². The van der Waals surface area contributed by atoms with Gasteiger partial charge in [0, 0.05) is 32.8 Å². The van der Waals surface area contributed by atoms with Gasteiger partial charge in [-0.3, -0.25) is 4.90 Å². The minimum Gasteiger partial charge on any atom is -0.446 e. The standard InChI is InChI=1S/C19H30N2O3/c22-15-7-2-1-6-12-20-19(23)24-18-10-13-21(14-11-18)16-17-8-4-3-5-9-17/h3-5,8-9,18,22H,1-2,6-7,10-16H2,(H,20,23). The fourth-order valence-electron chi connectivity index (χ4n) is 3.00. The lowest BCUT2D eigenvalue weighted by Crippen LogP contribution is -2.39. The number of unbranched alkanes of at least 4 members (excludes halogenated alkanes) is 3. The monoisotopic (exact) mass is 334 g/mol. The van der Waals surface area contributed by atoms with Crippen molar-refractivity contribution in [2.24, 2.45) is 0 Å². The maximum absolute atomic E-state index is 11.8. The highest BCUT2D eigenvalue weighted by Gasteiger charge is 2.22. The number of benzene rings is 1. The number of aliphatic hydroxyl groups excluding tert-OH is 1. The number of likely N-dealkylation sites (tertiary alicyclic amines) is 1. The van der Waals surface area contributed by atoms with Crippen molar-refractivity contribution >= 4 is 6.09 Å². The third-order valence-corrected chi connectivity index (χ3v) is 4.41. The Balaban J connectivity index is 1.55. The molecule has 1 aromatic carbocycles. The highest BCUT2D eigenvalue weighted by Crippen LogP contribution is 2.16. The van der Waals surface area contributed by atoms with Crippen LogP contribution >= 0.6 is 0 Å². The summed E-state index contributed by atoms with van der Waals surface area (Å²) in [6.45, 7) is 3.80. The SMILES string of the molecule is O=C(NCCCCCCO)OC1CCN(Cc2ccccc2)CC1. The molecule has 5 heteroatoms. The van der Waals surface area contributed by atoms with Gasteiger partial charge in [-0.2, -0.15) is 0 Å². The summed E-state index contributed by atoms with van der Waals surface area (Å²) in [6, 6.07) is 10.5. The van der Waals surface area contributed by atoms with E-state index >= 15 is 0 Å². The number of hydrogen-bond donors (Lipinski definition) is 2. The van der Waals surface area contributed by atoms with Gasteiger partial charge in [-0.05, 0) is 31.2 Å². The Hall–Kier alpha value is -1.59. The van der Waals surface area contributed by atoms with Gasteiger partial charge < -0.3 is 15.2 Å². The molecule has 0 radical (unpaired) electrons. The molecule has 2 N–H and O–H groups in total. The summed E-state index contributed by atoms with van der Waals surface area (Å²) in [5.74, 6) is 0.